The molecule has 1 unspecified atom stereocenters. The van der Waals surface area contributed by atoms with Crippen LogP contribution in [0.15, 0.2) is 36.7 Å². The highest BCUT2D eigenvalue weighted by atomic mass is 19.1. The van der Waals surface area contributed by atoms with Crippen molar-refractivity contribution in [2.75, 3.05) is 5.32 Å². The van der Waals surface area contributed by atoms with Crippen LogP contribution in [0.4, 0.5) is 10.2 Å². The van der Waals surface area contributed by atoms with Crippen LogP contribution in [0.3, 0.4) is 0 Å². The summed E-state index contributed by atoms with van der Waals surface area (Å²) in [5.41, 5.74) is 1.62. The molecule has 0 amide bonds. The molecule has 18 heavy (non-hydrogen) atoms. The van der Waals surface area contributed by atoms with Gasteiger partial charge < -0.3 is 5.32 Å². The Labute approximate surface area is 106 Å². The Morgan fingerprint density at radius 1 is 1.28 bits per heavy atom. The maximum Gasteiger partial charge on any atom is 0.129 e. The Kier molecular flexibility index (Phi) is 3.87. The van der Waals surface area contributed by atoms with Crippen LogP contribution in [-0.4, -0.2) is 16.0 Å². The van der Waals surface area contributed by atoms with Crippen LogP contribution in [0, 0.1) is 12.7 Å². The fraction of sp³-hybridized carbons (Fsp3) is 0.286. The van der Waals surface area contributed by atoms with Crippen LogP contribution >= 0.6 is 0 Å². The average Bonchev–Trinajstić information content (AvgIpc) is 2.32. The second-order valence-electron chi connectivity index (χ2n) is 4.39. The van der Waals surface area contributed by atoms with Crippen molar-refractivity contribution in [1.82, 2.24) is 9.97 Å². The molecule has 0 fully saturated rings. The van der Waals surface area contributed by atoms with E-state index in [1.165, 1.54) is 12.4 Å². The first-order valence-corrected chi connectivity index (χ1v) is 5.94. The number of hydrogen-bond acceptors (Lipinski definition) is 3. The minimum atomic E-state index is -0.162. The van der Waals surface area contributed by atoms with Crippen molar-refractivity contribution in [3.63, 3.8) is 0 Å². The molecule has 0 aliphatic heterocycles. The molecule has 1 aromatic carbocycles. The zero-order chi connectivity index (χ0) is 13.0. The van der Waals surface area contributed by atoms with Gasteiger partial charge in [0.2, 0.25) is 0 Å². The van der Waals surface area contributed by atoms with Crippen molar-refractivity contribution in [2.45, 2.75) is 26.3 Å². The van der Waals surface area contributed by atoms with E-state index in [2.05, 4.69) is 15.3 Å². The predicted molar refractivity (Wildman–Crippen MR) is 70.0 cm³/mol. The molecule has 0 aliphatic carbocycles. The molecule has 2 rings (SSSR count). The summed E-state index contributed by atoms with van der Waals surface area (Å²) in [6.45, 7) is 3.91. The molecule has 1 heterocycles. The fourth-order valence-corrected chi connectivity index (χ4v) is 1.83. The standard InChI is InChI=1S/C14H16FN3/c1-10-8-14(17-9-16-10)18-11(2)7-12-5-3-4-6-13(12)15/h3-6,8-9,11H,7H2,1-2H3,(H,16,17,18). The van der Waals surface area contributed by atoms with Gasteiger partial charge in [-0.3, -0.25) is 0 Å². The normalized spacial score (nSPS) is 12.2. The summed E-state index contributed by atoms with van der Waals surface area (Å²) in [6, 6.07) is 8.81. The summed E-state index contributed by atoms with van der Waals surface area (Å²) in [5, 5.41) is 3.24. The van der Waals surface area contributed by atoms with Crippen LogP contribution in [0.25, 0.3) is 0 Å². The highest BCUT2D eigenvalue weighted by Gasteiger charge is 2.07. The highest BCUT2D eigenvalue weighted by Crippen LogP contribution is 2.12. The number of halogens is 1. The van der Waals surface area contributed by atoms with E-state index in [9.17, 15) is 4.39 Å². The Morgan fingerprint density at radius 2 is 2.06 bits per heavy atom. The van der Waals surface area contributed by atoms with Crippen LogP contribution in [0.1, 0.15) is 18.2 Å². The Hall–Kier alpha value is -1.97. The zero-order valence-corrected chi connectivity index (χ0v) is 10.5. The molecular weight excluding hydrogens is 229 g/mol. The molecule has 3 nitrogen and oxygen atoms in total. The summed E-state index contributed by atoms with van der Waals surface area (Å²) in [7, 11) is 0. The smallest absolute Gasteiger partial charge is 0.129 e. The maximum absolute atomic E-state index is 13.5. The number of aryl methyl sites for hydroxylation is 1. The Balaban J connectivity index is 2.01. The lowest BCUT2D eigenvalue weighted by Crippen LogP contribution is -2.19. The Bertz CT molecular complexity index is 528. The first kappa shape index (κ1) is 12.5. The third-order valence-electron chi connectivity index (χ3n) is 2.68. The summed E-state index contributed by atoms with van der Waals surface area (Å²) in [4.78, 5) is 8.16. The number of benzene rings is 1. The Morgan fingerprint density at radius 3 is 2.78 bits per heavy atom. The summed E-state index contributed by atoms with van der Waals surface area (Å²) < 4.78 is 13.5. The number of rotatable bonds is 4. The van der Waals surface area contributed by atoms with Crippen molar-refractivity contribution in [1.29, 1.82) is 0 Å². The van der Waals surface area contributed by atoms with E-state index in [0.717, 1.165) is 11.5 Å². The molecule has 1 atom stereocenters. The van der Waals surface area contributed by atoms with Crippen molar-refractivity contribution in [3.05, 3.63) is 53.7 Å². The monoisotopic (exact) mass is 245 g/mol. The molecule has 1 aromatic heterocycles. The van der Waals surface area contributed by atoms with Gasteiger partial charge in [-0.1, -0.05) is 18.2 Å². The topological polar surface area (TPSA) is 37.8 Å². The number of nitrogens with zero attached hydrogens (tertiary/aromatic N) is 2. The molecule has 4 heteroatoms. The van der Waals surface area contributed by atoms with E-state index < -0.39 is 0 Å². The van der Waals surface area contributed by atoms with Gasteiger partial charge in [0.15, 0.2) is 0 Å². The first-order valence-electron chi connectivity index (χ1n) is 5.94. The minimum absolute atomic E-state index is 0.108. The van der Waals surface area contributed by atoms with Crippen molar-refractivity contribution in [3.8, 4) is 0 Å². The van der Waals surface area contributed by atoms with Gasteiger partial charge in [0, 0.05) is 17.8 Å². The number of hydrogen-bond donors (Lipinski definition) is 1. The van der Waals surface area contributed by atoms with E-state index in [4.69, 9.17) is 0 Å². The highest BCUT2D eigenvalue weighted by molar-refractivity contribution is 5.36. The molecule has 0 saturated carbocycles. The summed E-state index contributed by atoms with van der Waals surface area (Å²) in [5.74, 6) is 0.608. The van der Waals surface area contributed by atoms with Crippen LogP contribution in [-0.2, 0) is 6.42 Å². The maximum atomic E-state index is 13.5. The molecule has 0 radical (unpaired) electrons. The van der Waals surface area contributed by atoms with Gasteiger partial charge in [0.1, 0.15) is 18.0 Å². The van der Waals surface area contributed by atoms with Gasteiger partial charge in [-0.25, -0.2) is 14.4 Å². The molecule has 1 N–H and O–H groups in total. The minimum Gasteiger partial charge on any atom is -0.367 e. The van der Waals surface area contributed by atoms with Gasteiger partial charge in [0.25, 0.3) is 0 Å². The lowest BCUT2D eigenvalue weighted by Gasteiger charge is -2.15. The van der Waals surface area contributed by atoms with Crippen LogP contribution in [0.5, 0.6) is 0 Å². The largest absolute Gasteiger partial charge is 0.367 e. The van der Waals surface area contributed by atoms with Crippen molar-refractivity contribution in [2.24, 2.45) is 0 Å². The van der Waals surface area contributed by atoms with Gasteiger partial charge in [-0.2, -0.15) is 0 Å². The van der Waals surface area contributed by atoms with Crippen LogP contribution < -0.4 is 5.32 Å². The van der Waals surface area contributed by atoms with E-state index in [1.807, 2.05) is 26.0 Å². The van der Waals surface area contributed by atoms with E-state index in [0.29, 0.717) is 12.0 Å². The van der Waals surface area contributed by atoms with Gasteiger partial charge in [-0.15, -0.1) is 0 Å². The molecular formula is C14H16FN3. The quantitative estimate of drug-likeness (QED) is 0.899. The molecule has 0 bridgehead atoms. The number of nitrogens with one attached hydrogen (secondary N) is 1. The van der Waals surface area contributed by atoms with E-state index in [1.54, 1.807) is 12.1 Å². The van der Waals surface area contributed by atoms with Gasteiger partial charge >= 0.3 is 0 Å². The fourth-order valence-electron chi connectivity index (χ4n) is 1.83. The number of anilines is 1. The lowest BCUT2D eigenvalue weighted by atomic mass is 10.1. The van der Waals surface area contributed by atoms with Gasteiger partial charge in [0.05, 0.1) is 0 Å². The predicted octanol–water partition coefficient (Wildman–Crippen LogP) is 2.97. The molecule has 0 saturated heterocycles. The third-order valence-corrected chi connectivity index (χ3v) is 2.68. The third kappa shape index (κ3) is 3.26. The van der Waals surface area contributed by atoms with E-state index in [-0.39, 0.29) is 11.9 Å². The molecule has 0 spiro atoms. The SMILES string of the molecule is Cc1cc(NC(C)Cc2ccccc2F)ncn1. The second kappa shape index (κ2) is 5.58. The van der Waals surface area contributed by atoms with Crippen molar-refractivity contribution >= 4 is 5.82 Å². The zero-order valence-electron chi connectivity index (χ0n) is 10.5. The molecule has 0 aliphatic rings. The second-order valence-corrected chi connectivity index (χ2v) is 4.39. The summed E-state index contributed by atoms with van der Waals surface area (Å²) in [6.07, 6.45) is 2.14. The molecule has 94 valence electrons. The van der Waals surface area contributed by atoms with Crippen LogP contribution in [0.2, 0.25) is 0 Å². The van der Waals surface area contributed by atoms with Crippen molar-refractivity contribution < 1.29 is 4.39 Å². The average molecular weight is 245 g/mol. The number of aromatic nitrogens is 2. The first-order chi connectivity index (χ1) is 8.65. The summed E-state index contributed by atoms with van der Waals surface area (Å²) >= 11 is 0. The molecule has 2 aromatic rings. The van der Waals surface area contributed by atoms with E-state index >= 15 is 0 Å². The van der Waals surface area contributed by atoms with Gasteiger partial charge in [-0.05, 0) is 31.9 Å². The lowest BCUT2D eigenvalue weighted by molar-refractivity contribution is 0.601.